The van der Waals surface area contributed by atoms with Crippen LogP contribution in [0.2, 0.25) is 0 Å². The van der Waals surface area contributed by atoms with Crippen molar-refractivity contribution in [2.24, 2.45) is 4.58 Å². The number of carboxylic acids is 1. The molecular formula is C14H15N3O3S2. The van der Waals surface area contributed by atoms with Crippen molar-refractivity contribution in [3.8, 4) is 11.3 Å². The van der Waals surface area contributed by atoms with E-state index in [1.165, 1.54) is 11.3 Å². The van der Waals surface area contributed by atoms with Crippen LogP contribution in [0.5, 0.6) is 0 Å². The molecule has 0 aliphatic heterocycles. The maximum atomic E-state index is 11.3. The summed E-state index contributed by atoms with van der Waals surface area (Å²) in [6.07, 6.45) is 0.297. The molecule has 2 N–H and O–H groups in total. The number of anilines is 1. The molecule has 0 fully saturated rings. The van der Waals surface area contributed by atoms with E-state index in [4.69, 9.17) is 0 Å². The Morgan fingerprint density at radius 3 is 2.82 bits per heavy atom. The number of aliphatic carboxylic acids is 1. The van der Waals surface area contributed by atoms with E-state index in [9.17, 15) is 14.8 Å². The third-order valence-corrected chi connectivity index (χ3v) is 4.42. The van der Waals surface area contributed by atoms with Crippen molar-refractivity contribution >= 4 is 34.4 Å². The zero-order chi connectivity index (χ0) is 15.9. The van der Waals surface area contributed by atoms with Gasteiger partial charge in [-0.3, -0.25) is 0 Å². The van der Waals surface area contributed by atoms with Crippen LogP contribution in [0.3, 0.4) is 0 Å². The Bertz CT molecular complexity index is 646. The van der Waals surface area contributed by atoms with Gasteiger partial charge in [0.15, 0.2) is 5.13 Å². The maximum Gasteiger partial charge on any atom is 0.326 e. The summed E-state index contributed by atoms with van der Waals surface area (Å²) in [5, 5.41) is 12.7. The highest BCUT2D eigenvalue weighted by Crippen LogP contribution is 2.30. The fourth-order valence-corrected chi connectivity index (χ4v) is 3.24. The lowest BCUT2D eigenvalue weighted by Crippen LogP contribution is -2.29. The van der Waals surface area contributed by atoms with Gasteiger partial charge < -0.3 is 10.4 Å². The van der Waals surface area contributed by atoms with E-state index < -0.39 is 12.0 Å². The van der Waals surface area contributed by atoms with Crippen molar-refractivity contribution in [2.45, 2.75) is 19.4 Å². The van der Waals surface area contributed by atoms with Crippen LogP contribution in [-0.4, -0.2) is 27.9 Å². The molecular weight excluding hydrogens is 322 g/mol. The van der Waals surface area contributed by atoms with Gasteiger partial charge in [-0.2, -0.15) is 0 Å². The predicted molar refractivity (Wildman–Crippen MR) is 90.2 cm³/mol. The standard InChI is InChI=1S/C14H15N3O3S2/c1-9-12(10-5-3-2-4-6-10)16-14(22-9)15-11(13(18)19)7-8-21-17-20/h2-6,11H,7-8H2,1H3,(H,15,16)(H,18,19)/t11-/m0/s1. The van der Waals surface area contributed by atoms with Crippen LogP contribution in [0.15, 0.2) is 34.9 Å². The Balaban J connectivity index is 2.12. The number of hydrogen-bond donors (Lipinski definition) is 2. The van der Waals surface area contributed by atoms with Crippen molar-refractivity contribution in [3.63, 3.8) is 0 Å². The topological polar surface area (TPSA) is 91.7 Å². The van der Waals surface area contributed by atoms with Gasteiger partial charge in [0, 0.05) is 32.7 Å². The first-order chi connectivity index (χ1) is 10.6. The minimum absolute atomic E-state index is 0.297. The number of thiazole rings is 1. The van der Waals surface area contributed by atoms with E-state index in [0.717, 1.165) is 28.1 Å². The average molecular weight is 337 g/mol. The molecule has 0 saturated heterocycles. The van der Waals surface area contributed by atoms with Gasteiger partial charge in [-0.15, -0.1) is 16.2 Å². The monoisotopic (exact) mass is 337 g/mol. The molecule has 0 bridgehead atoms. The van der Waals surface area contributed by atoms with Crippen LogP contribution in [0.25, 0.3) is 11.3 Å². The largest absolute Gasteiger partial charge is 0.480 e. The lowest BCUT2D eigenvalue weighted by atomic mass is 10.1. The van der Waals surface area contributed by atoms with Gasteiger partial charge in [-0.05, 0) is 13.3 Å². The minimum Gasteiger partial charge on any atom is -0.480 e. The predicted octanol–water partition coefficient (Wildman–Crippen LogP) is 3.79. The highest BCUT2D eigenvalue weighted by Gasteiger charge is 2.19. The highest BCUT2D eigenvalue weighted by atomic mass is 32.2. The molecule has 0 saturated carbocycles. The Morgan fingerprint density at radius 1 is 1.45 bits per heavy atom. The van der Waals surface area contributed by atoms with Crippen molar-refractivity contribution in [1.29, 1.82) is 0 Å². The molecule has 1 aromatic carbocycles. The number of aryl methyl sites for hydroxylation is 1. The van der Waals surface area contributed by atoms with Gasteiger partial charge in [0.25, 0.3) is 0 Å². The zero-order valence-electron chi connectivity index (χ0n) is 11.9. The van der Waals surface area contributed by atoms with E-state index in [1.54, 1.807) is 0 Å². The highest BCUT2D eigenvalue weighted by molar-refractivity contribution is 7.97. The fraction of sp³-hybridized carbons (Fsp3) is 0.286. The second kappa shape index (κ2) is 7.90. The SMILES string of the molecule is Cc1sc(N[C@@H](CCSN=O)C(=O)O)nc1-c1ccccc1. The van der Waals surface area contributed by atoms with Crippen LogP contribution in [0.4, 0.5) is 5.13 Å². The molecule has 1 heterocycles. The van der Waals surface area contributed by atoms with E-state index in [2.05, 4.69) is 14.9 Å². The van der Waals surface area contributed by atoms with Crippen molar-refractivity contribution in [2.75, 3.05) is 11.1 Å². The second-order valence-electron chi connectivity index (χ2n) is 4.52. The normalized spacial score (nSPS) is 11.9. The molecule has 1 atom stereocenters. The van der Waals surface area contributed by atoms with E-state index in [0.29, 0.717) is 17.3 Å². The minimum atomic E-state index is -0.972. The van der Waals surface area contributed by atoms with Crippen LogP contribution < -0.4 is 5.32 Å². The maximum absolute atomic E-state index is 11.3. The summed E-state index contributed by atoms with van der Waals surface area (Å²) >= 11 is 2.24. The number of carboxylic acid groups (broad SMARTS) is 1. The molecule has 2 rings (SSSR count). The Labute approximate surface area is 136 Å². The first-order valence-electron chi connectivity index (χ1n) is 6.58. The number of nitrogens with zero attached hydrogens (tertiary/aromatic N) is 2. The summed E-state index contributed by atoms with van der Waals surface area (Å²) in [4.78, 5) is 26.8. The van der Waals surface area contributed by atoms with Crippen LogP contribution in [-0.2, 0) is 4.79 Å². The quantitative estimate of drug-likeness (QED) is 0.432. The number of aromatic nitrogens is 1. The number of carbonyl (C=O) groups is 1. The Morgan fingerprint density at radius 2 is 2.18 bits per heavy atom. The number of nitroso groups, excluding NO2 is 1. The summed E-state index contributed by atoms with van der Waals surface area (Å²) in [6, 6.07) is 8.95. The van der Waals surface area contributed by atoms with Crippen molar-refractivity contribution < 1.29 is 9.90 Å². The Hall–Kier alpha value is -1.93. The molecule has 0 aliphatic rings. The first kappa shape index (κ1) is 16.4. The second-order valence-corrected chi connectivity index (χ2v) is 6.54. The number of rotatable bonds is 8. The summed E-state index contributed by atoms with van der Waals surface area (Å²) in [7, 11) is 0. The molecule has 8 heteroatoms. The van der Waals surface area contributed by atoms with Gasteiger partial charge in [-0.25, -0.2) is 9.78 Å². The molecule has 1 aromatic heterocycles. The van der Waals surface area contributed by atoms with Crippen LogP contribution in [0, 0.1) is 11.8 Å². The van der Waals surface area contributed by atoms with Gasteiger partial charge in [0.2, 0.25) is 0 Å². The van der Waals surface area contributed by atoms with Gasteiger partial charge in [0.05, 0.1) is 5.69 Å². The smallest absolute Gasteiger partial charge is 0.326 e. The van der Waals surface area contributed by atoms with Crippen molar-refractivity contribution in [1.82, 2.24) is 4.98 Å². The zero-order valence-corrected chi connectivity index (χ0v) is 13.5. The number of benzene rings is 1. The molecule has 0 unspecified atom stereocenters. The number of hydrogen-bond acceptors (Lipinski definition) is 7. The molecule has 116 valence electrons. The fourth-order valence-electron chi connectivity index (χ4n) is 1.94. The molecule has 0 amide bonds. The molecule has 0 aliphatic carbocycles. The summed E-state index contributed by atoms with van der Waals surface area (Å²) in [5.41, 5.74) is 1.85. The van der Waals surface area contributed by atoms with Crippen molar-refractivity contribution in [3.05, 3.63) is 40.1 Å². The third-order valence-electron chi connectivity index (χ3n) is 2.99. The molecule has 6 nitrogen and oxygen atoms in total. The Kier molecular flexibility index (Phi) is 5.91. The molecule has 0 radical (unpaired) electrons. The van der Waals surface area contributed by atoms with E-state index in [1.807, 2.05) is 37.3 Å². The van der Waals surface area contributed by atoms with E-state index in [-0.39, 0.29) is 0 Å². The van der Waals surface area contributed by atoms with Gasteiger partial charge in [0.1, 0.15) is 6.04 Å². The molecule has 2 aromatic rings. The summed E-state index contributed by atoms with van der Waals surface area (Å²) in [5.74, 6) is -0.621. The molecule has 0 spiro atoms. The first-order valence-corrected chi connectivity index (χ1v) is 8.34. The summed E-state index contributed by atoms with van der Waals surface area (Å²) in [6.45, 7) is 1.95. The van der Waals surface area contributed by atoms with E-state index >= 15 is 0 Å². The lowest BCUT2D eigenvalue weighted by molar-refractivity contribution is -0.137. The lowest BCUT2D eigenvalue weighted by Gasteiger charge is -2.11. The van der Waals surface area contributed by atoms with Crippen LogP contribution in [0.1, 0.15) is 11.3 Å². The van der Waals surface area contributed by atoms with Gasteiger partial charge in [-0.1, -0.05) is 30.3 Å². The third kappa shape index (κ3) is 4.28. The number of nitrogens with one attached hydrogen (secondary N) is 1. The molecule has 22 heavy (non-hydrogen) atoms. The van der Waals surface area contributed by atoms with Crippen LogP contribution >= 0.6 is 23.3 Å². The summed E-state index contributed by atoms with van der Waals surface area (Å²) < 4.78 is 2.66. The average Bonchev–Trinajstić information content (AvgIpc) is 2.88. The van der Waals surface area contributed by atoms with Gasteiger partial charge >= 0.3 is 5.97 Å².